The van der Waals surface area contributed by atoms with Gasteiger partial charge in [-0.3, -0.25) is 14.7 Å². The van der Waals surface area contributed by atoms with Crippen molar-refractivity contribution in [1.82, 2.24) is 20.0 Å². The van der Waals surface area contributed by atoms with Crippen LogP contribution in [-0.2, 0) is 4.79 Å². The van der Waals surface area contributed by atoms with Crippen molar-refractivity contribution in [2.24, 2.45) is 5.41 Å². The predicted octanol–water partition coefficient (Wildman–Crippen LogP) is 2.47. The van der Waals surface area contributed by atoms with Crippen molar-refractivity contribution in [3.05, 3.63) is 17.5 Å². The number of likely N-dealkylation sites (tertiary alicyclic amines) is 2. The van der Waals surface area contributed by atoms with E-state index in [9.17, 15) is 14.7 Å². The minimum atomic E-state index is -0.716. The number of carboxylic acids is 1. The summed E-state index contributed by atoms with van der Waals surface area (Å²) in [4.78, 5) is 29.3. The van der Waals surface area contributed by atoms with E-state index in [1.54, 1.807) is 6.20 Å². The van der Waals surface area contributed by atoms with E-state index < -0.39 is 11.4 Å². The van der Waals surface area contributed by atoms with Crippen LogP contribution in [0, 0.1) is 5.41 Å². The Bertz CT molecular complexity index is 712. The lowest BCUT2D eigenvalue weighted by molar-refractivity contribution is -0.161. The molecule has 0 radical (unpaired) electrons. The number of nitrogens with zero attached hydrogens (tertiary/aromatic N) is 3. The standard InChI is InChI=1S/C20H30N4O3/c1-23-10-5-8-20(19(26)27)9-11-24(13-16(20)23)18(25)15-12-21-22-17(15)14-6-3-2-4-7-14/h12,14,16H,2-11,13H2,1H3,(H,21,22)(H,26,27)/t16-,20+/m1/s1. The van der Waals surface area contributed by atoms with Crippen LogP contribution in [0.1, 0.15) is 73.3 Å². The molecule has 3 heterocycles. The first-order valence-corrected chi connectivity index (χ1v) is 10.3. The highest BCUT2D eigenvalue weighted by Gasteiger charge is 2.53. The second kappa shape index (κ2) is 7.26. The number of carboxylic acid groups (broad SMARTS) is 1. The van der Waals surface area contributed by atoms with E-state index in [4.69, 9.17) is 0 Å². The molecule has 2 aliphatic heterocycles. The first-order chi connectivity index (χ1) is 13.0. The van der Waals surface area contributed by atoms with Crippen molar-refractivity contribution in [3.63, 3.8) is 0 Å². The third kappa shape index (κ3) is 3.16. The van der Waals surface area contributed by atoms with Crippen molar-refractivity contribution in [2.45, 2.75) is 63.3 Å². The largest absolute Gasteiger partial charge is 0.481 e. The van der Waals surface area contributed by atoms with Crippen molar-refractivity contribution in [2.75, 3.05) is 26.7 Å². The maximum atomic E-state index is 13.3. The molecule has 2 atom stereocenters. The Morgan fingerprint density at radius 3 is 2.70 bits per heavy atom. The van der Waals surface area contributed by atoms with Gasteiger partial charge in [-0.05, 0) is 45.7 Å². The normalized spacial score (nSPS) is 30.1. The van der Waals surface area contributed by atoms with Gasteiger partial charge in [0.15, 0.2) is 0 Å². The molecule has 3 fully saturated rings. The zero-order chi connectivity index (χ0) is 19.0. The molecule has 0 unspecified atom stereocenters. The van der Waals surface area contributed by atoms with E-state index in [1.807, 2.05) is 11.9 Å². The maximum Gasteiger partial charge on any atom is 0.311 e. The number of nitrogens with one attached hydrogen (secondary N) is 1. The number of aliphatic carboxylic acids is 1. The van der Waals surface area contributed by atoms with Crippen molar-refractivity contribution in [1.29, 1.82) is 0 Å². The number of carbonyl (C=O) groups excluding carboxylic acids is 1. The highest BCUT2D eigenvalue weighted by molar-refractivity contribution is 5.95. The lowest BCUT2D eigenvalue weighted by Gasteiger charge is -2.51. The summed E-state index contributed by atoms with van der Waals surface area (Å²) in [6, 6.07) is -0.119. The maximum absolute atomic E-state index is 13.3. The molecular formula is C20H30N4O3. The molecule has 27 heavy (non-hydrogen) atoms. The molecule has 4 rings (SSSR count). The lowest BCUT2D eigenvalue weighted by atomic mass is 9.68. The molecule has 1 aliphatic carbocycles. The minimum Gasteiger partial charge on any atom is -0.481 e. The van der Waals surface area contributed by atoms with Crippen LogP contribution in [-0.4, -0.2) is 69.7 Å². The molecule has 2 N–H and O–H groups in total. The lowest BCUT2D eigenvalue weighted by Crippen LogP contribution is -2.63. The van der Waals surface area contributed by atoms with Gasteiger partial charge in [0.2, 0.25) is 0 Å². The van der Waals surface area contributed by atoms with Gasteiger partial charge >= 0.3 is 5.97 Å². The first kappa shape index (κ1) is 18.5. The van der Waals surface area contributed by atoms with Gasteiger partial charge in [-0.25, -0.2) is 0 Å². The molecule has 7 heteroatoms. The number of piperidine rings is 2. The van der Waals surface area contributed by atoms with Crippen molar-refractivity contribution < 1.29 is 14.7 Å². The number of carbonyl (C=O) groups is 2. The quantitative estimate of drug-likeness (QED) is 0.848. The number of hydrogen-bond donors (Lipinski definition) is 2. The molecule has 1 saturated carbocycles. The number of rotatable bonds is 3. The monoisotopic (exact) mass is 374 g/mol. The molecule has 0 spiro atoms. The van der Waals surface area contributed by atoms with Crippen molar-refractivity contribution >= 4 is 11.9 Å². The molecule has 2 saturated heterocycles. The van der Waals surface area contributed by atoms with E-state index in [1.165, 1.54) is 19.3 Å². The average molecular weight is 374 g/mol. The molecule has 0 bridgehead atoms. The van der Waals surface area contributed by atoms with Crippen LogP contribution in [0.15, 0.2) is 6.20 Å². The summed E-state index contributed by atoms with van der Waals surface area (Å²) in [6.07, 6.45) is 9.69. The number of likely N-dealkylation sites (N-methyl/N-ethyl adjacent to an activating group) is 1. The van der Waals surface area contributed by atoms with Gasteiger partial charge in [-0.15, -0.1) is 0 Å². The van der Waals surface area contributed by atoms with E-state index in [0.29, 0.717) is 37.4 Å². The average Bonchev–Trinajstić information content (AvgIpc) is 3.18. The van der Waals surface area contributed by atoms with Crippen LogP contribution in [0.4, 0.5) is 0 Å². The van der Waals surface area contributed by atoms with Gasteiger partial charge in [0.05, 0.1) is 22.9 Å². The molecule has 7 nitrogen and oxygen atoms in total. The van der Waals surface area contributed by atoms with Crippen LogP contribution >= 0.6 is 0 Å². The van der Waals surface area contributed by atoms with E-state index in [2.05, 4.69) is 15.1 Å². The van der Waals surface area contributed by atoms with E-state index in [0.717, 1.165) is 31.5 Å². The Kier molecular flexibility index (Phi) is 4.97. The fourth-order valence-corrected chi connectivity index (χ4v) is 5.51. The second-order valence-corrected chi connectivity index (χ2v) is 8.59. The summed E-state index contributed by atoms with van der Waals surface area (Å²) < 4.78 is 0. The highest BCUT2D eigenvalue weighted by Crippen LogP contribution is 2.43. The Hall–Kier alpha value is -1.89. The van der Waals surface area contributed by atoms with Gasteiger partial charge in [-0.2, -0.15) is 5.10 Å². The van der Waals surface area contributed by atoms with Gasteiger partial charge < -0.3 is 14.9 Å². The minimum absolute atomic E-state index is 0.00212. The molecule has 148 valence electrons. The molecule has 1 aromatic heterocycles. The molecule has 0 aromatic carbocycles. The highest BCUT2D eigenvalue weighted by atomic mass is 16.4. The summed E-state index contributed by atoms with van der Waals surface area (Å²) >= 11 is 0. The van der Waals surface area contributed by atoms with E-state index in [-0.39, 0.29) is 11.9 Å². The Labute approximate surface area is 160 Å². The summed E-state index contributed by atoms with van der Waals surface area (Å²) in [5, 5.41) is 17.2. The fraction of sp³-hybridized carbons (Fsp3) is 0.750. The van der Waals surface area contributed by atoms with Crippen LogP contribution in [0.25, 0.3) is 0 Å². The second-order valence-electron chi connectivity index (χ2n) is 8.59. The van der Waals surface area contributed by atoms with Gasteiger partial charge in [-0.1, -0.05) is 19.3 Å². The number of aromatic nitrogens is 2. The first-order valence-electron chi connectivity index (χ1n) is 10.3. The Balaban J connectivity index is 1.54. The zero-order valence-electron chi connectivity index (χ0n) is 16.1. The predicted molar refractivity (Wildman–Crippen MR) is 101 cm³/mol. The molecular weight excluding hydrogens is 344 g/mol. The Morgan fingerprint density at radius 2 is 1.96 bits per heavy atom. The number of amides is 1. The number of aromatic amines is 1. The van der Waals surface area contributed by atoms with Crippen LogP contribution in [0.3, 0.4) is 0 Å². The van der Waals surface area contributed by atoms with Crippen molar-refractivity contribution in [3.8, 4) is 0 Å². The summed E-state index contributed by atoms with van der Waals surface area (Å²) in [5.41, 5.74) is 0.946. The summed E-state index contributed by atoms with van der Waals surface area (Å²) in [7, 11) is 1.99. The fourth-order valence-electron chi connectivity index (χ4n) is 5.51. The summed E-state index contributed by atoms with van der Waals surface area (Å²) in [6.45, 7) is 1.88. The van der Waals surface area contributed by atoms with Crippen LogP contribution < -0.4 is 0 Å². The topological polar surface area (TPSA) is 89.5 Å². The number of H-pyrrole nitrogens is 1. The van der Waals surface area contributed by atoms with E-state index >= 15 is 0 Å². The molecule has 1 aromatic rings. The van der Waals surface area contributed by atoms with Gasteiger partial charge in [0.1, 0.15) is 0 Å². The Morgan fingerprint density at radius 1 is 1.19 bits per heavy atom. The molecule has 3 aliphatic rings. The third-order valence-corrected chi connectivity index (χ3v) is 7.15. The zero-order valence-corrected chi connectivity index (χ0v) is 16.1. The van der Waals surface area contributed by atoms with Crippen LogP contribution in [0.2, 0.25) is 0 Å². The van der Waals surface area contributed by atoms with Gasteiger partial charge in [0.25, 0.3) is 5.91 Å². The SMILES string of the molecule is CN1CCC[C@]2(C(=O)O)CCN(C(=O)c3cn[nH]c3C3CCCCC3)C[C@@H]12. The number of hydrogen-bond acceptors (Lipinski definition) is 4. The van der Waals surface area contributed by atoms with Crippen LogP contribution in [0.5, 0.6) is 0 Å². The van der Waals surface area contributed by atoms with Gasteiger partial charge in [0, 0.05) is 25.0 Å². The third-order valence-electron chi connectivity index (χ3n) is 7.15. The number of fused-ring (bicyclic) bond motifs is 1. The summed E-state index contributed by atoms with van der Waals surface area (Å²) in [5.74, 6) is -0.319. The molecule has 1 amide bonds. The smallest absolute Gasteiger partial charge is 0.311 e.